The van der Waals surface area contributed by atoms with E-state index in [4.69, 9.17) is 5.14 Å². The van der Waals surface area contributed by atoms with E-state index >= 15 is 0 Å². The quantitative estimate of drug-likeness (QED) is 0.836. The zero-order valence-electron chi connectivity index (χ0n) is 11.5. The molecule has 0 heterocycles. The van der Waals surface area contributed by atoms with Gasteiger partial charge in [0.05, 0.1) is 4.90 Å². The van der Waals surface area contributed by atoms with Gasteiger partial charge in [-0.3, -0.25) is 0 Å². The smallest absolute Gasteiger partial charge is 0.238 e. The monoisotopic (exact) mass is 288 g/mol. The molecular weight excluding hydrogens is 267 g/mol. The Kier molecular flexibility index (Phi) is 5.46. The predicted molar refractivity (Wildman–Crippen MR) is 73.8 cm³/mol. The van der Waals surface area contributed by atoms with Crippen molar-refractivity contribution in [2.75, 3.05) is 7.05 Å². The Balaban J connectivity index is 2.91. The highest BCUT2D eigenvalue weighted by Crippen LogP contribution is 2.17. The van der Waals surface area contributed by atoms with E-state index in [1.165, 1.54) is 12.1 Å². The second-order valence-corrected chi connectivity index (χ2v) is 6.68. The van der Waals surface area contributed by atoms with E-state index in [2.05, 4.69) is 19.2 Å². The molecule has 0 aromatic heterocycles. The molecule has 0 aliphatic carbocycles. The molecule has 0 saturated carbocycles. The summed E-state index contributed by atoms with van der Waals surface area (Å²) in [5.74, 6) is -0.0280. The van der Waals surface area contributed by atoms with Crippen LogP contribution in [-0.2, 0) is 16.4 Å². The number of nitrogens with one attached hydrogen (secondary N) is 1. The maximum Gasteiger partial charge on any atom is 0.238 e. The summed E-state index contributed by atoms with van der Waals surface area (Å²) in [7, 11) is -2.01. The molecule has 19 heavy (non-hydrogen) atoms. The van der Waals surface area contributed by atoms with Crippen molar-refractivity contribution >= 4 is 10.0 Å². The maximum absolute atomic E-state index is 13.9. The number of benzene rings is 1. The maximum atomic E-state index is 13.9. The van der Waals surface area contributed by atoms with Gasteiger partial charge in [0.1, 0.15) is 5.82 Å². The third-order valence-corrected chi connectivity index (χ3v) is 3.89. The summed E-state index contributed by atoms with van der Waals surface area (Å²) in [5, 5.41) is 8.11. The molecule has 1 rings (SSSR count). The molecular formula is C13H21FN2O2S. The van der Waals surface area contributed by atoms with E-state index < -0.39 is 15.8 Å². The van der Waals surface area contributed by atoms with Crippen LogP contribution in [0.4, 0.5) is 4.39 Å². The van der Waals surface area contributed by atoms with Crippen LogP contribution in [0.3, 0.4) is 0 Å². The Morgan fingerprint density at radius 1 is 1.37 bits per heavy atom. The topological polar surface area (TPSA) is 72.2 Å². The fourth-order valence-corrected chi connectivity index (χ4v) is 2.53. The summed E-state index contributed by atoms with van der Waals surface area (Å²) in [5.41, 5.74) is 0.493. The van der Waals surface area contributed by atoms with Crippen LogP contribution >= 0.6 is 0 Å². The number of hydrogen-bond donors (Lipinski definition) is 2. The third-order valence-electron chi connectivity index (χ3n) is 2.98. The highest BCUT2D eigenvalue weighted by Gasteiger charge is 2.15. The van der Waals surface area contributed by atoms with Crippen LogP contribution in [0.1, 0.15) is 25.8 Å². The van der Waals surface area contributed by atoms with Crippen LogP contribution in [0, 0.1) is 11.7 Å². The average Bonchev–Trinajstić information content (AvgIpc) is 2.28. The van der Waals surface area contributed by atoms with Crippen LogP contribution in [-0.4, -0.2) is 21.5 Å². The minimum atomic E-state index is -3.85. The zero-order chi connectivity index (χ0) is 14.6. The molecule has 1 unspecified atom stereocenters. The summed E-state index contributed by atoms with van der Waals surface area (Å²) in [4.78, 5) is -0.196. The molecule has 0 amide bonds. The van der Waals surface area contributed by atoms with Crippen LogP contribution in [0.2, 0.25) is 0 Å². The number of rotatable bonds is 6. The molecule has 108 valence electrons. The molecule has 1 aromatic rings. The van der Waals surface area contributed by atoms with Gasteiger partial charge in [-0.2, -0.15) is 0 Å². The van der Waals surface area contributed by atoms with E-state index in [0.717, 1.165) is 12.5 Å². The minimum absolute atomic E-state index is 0.162. The lowest BCUT2D eigenvalue weighted by Crippen LogP contribution is -2.29. The molecule has 6 heteroatoms. The zero-order valence-corrected chi connectivity index (χ0v) is 12.3. The summed E-state index contributed by atoms with van der Waals surface area (Å²) >= 11 is 0. The molecule has 0 saturated heterocycles. The van der Waals surface area contributed by atoms with Gasteiger partial charge in [0, 0.05) is 6.04 Å². The normalized spacial score (nSPS) is 13.8. The highest BCUT2D eigenvalue weighted by molar-refractivity contribution is 7.89. The average molecular weight is 288 g/mol. The largest absolute Gasteiger partial charge is 0.317 e. The molecule has 0 aliphatic heterocycles. The first-order valence-corrected chi connectivity index (χ1v) is 7.77. The summed E-state index contributed by atoms with van der Waals surface area (Å²) < 4.78 is 36.1. The number of halogens is 1. The Morgan fingerprint density at radius 3 is 2.42 bits per heavy atom. The molecule has 3 N–H and O–H groups in total. The van der Waals surface area contributed by atoms with E-state index in [1.807, 2.05) is 7.05 Å². The van der Waals surface area contributed by atoms with Crippen molar-refractivity contribution in [1.82, 2.24) is 5.32 Å². The second-order valence-electron chi connectivity index (χ2n) is 5.12. The first-order chi connectivity index (χ1) is 8.74. The van der Waals surface area contributed by atoms with Gasteiger partial charge in [0.15, 0.2) is 0 Å². The van der Waals surface area contributed by atoms with Crippen molar-refractivity contribution in [2.24, 2.45) is 11.1 Å². The molecule has 1 atom stereocenters. The molecule has 0 aliphatic rings. The third kappa shape index (κ3) is 4.89. The summed E-state index contributed by atoms with van der Waals surface area (Å²) in [6.07, 6.45) is 1.44. The molecule has 0 radical (unpaired) electrons. The molecule has 4 nitrogen and oxygen atoms in total. The Bertz CT molecular complexity index is 529. The van der Waals surface area contributed by atoms with Crippen molar-refractivity contribution in [3.8, 4) is 0 Å². The van der Waals surface area contributed by atoms with Crippen LogP contribution in [0.5, 0.6) is 0 Å². The molecule has 0 bridgehead atoms. The summed E-state index contributed by atoms with van der Waals surface area (Å²) in [6, 6.07) is 3.97. The van der Waals surface area contributed by atoms with Crippen LogP contribution < -0.4 is 10.5 Å². The SMILES string of the molecule is CNC(Cc1ccc(S(N)(=O)=O)cc1F)CC(C)C. The van der Waals surface area contributed by atoms with Gasteiger partial charge in [0.25, 0.3) is 0 Å². The van der Waals surface area contributed by atoms with E-state index in [9.17, 15) is 12.8 Å². The van der Waals surface area contributed by atoms with E-state index in [-0.39, 0.29) is 10.9 Å². The Hall–Kier alpha value is -0.980. The fraction of sp³-hybridized carbons (Fsp3) is 0.538. The van der Waals surface area contributed by atoms with Crippen molar-refractivity contribution < 1.29 is 12.8 Å². The second kappa shape index (κ2) is 6.45. The lowest BCUT2D eigenvalue weighted by molar-refractivity contribution is 0.435. The molecule has 1 aromatic carbocycles. The Morgan fingerprint density at radius 2 is 2.00 bits per heavy atom. The van der Waals surface area contributed by atoms with Gasteiger partial charge in [0.2, 0.25) is 10.0 Å². The van der Waals surface area contributed by atoms with E-state index in [0.29, 0.717) is 17.9 Å². The van der Waals surface area contributed by atoms with Crippen LogP contribution in [0.15, 0.2) is 23.1 Å². The lowest BCUT2D eigenvalue weighted by atomic mass is 9.97. The van der Waals surface area contributed by atoms with Gasteiger partial charge in [-0.05, 0) is 43.5 Å². The predicted octanol–water partition coefficient (Wildman–Crippen LogP) is 1.65. The number of hydrogen-bond acceptors (Lipinski definition) is 3. The van der Waals surface area contributed by atoms with Crippen molar-refractivity contribution in [3.05, 3.63) is 29.6 Å². The number of sulfonamides is 1. The van der Waals surface area contributed by atoms with Crippen LogP contribution in [0.25, 0.3) is 0 Å². The first-order valence-electron chi connectivity index (χ1n) is 6.22. The minimum Gasteiger partial charge on any atom is -0.317 e. The molecule has 0 fully saturated rings. The highest BCUT2D eigenvalue weighted by atomic mass is 32.2. The first kappa shape index (κ1) is 16.1. The van der Waals surface area contributed by atoms with Crippen molar-refractivity contribution in [2.45, 2.75) is 37.6 Å². The van der Waals surface area contributed by atoms with Crippen molar-refractivity contribution in [1.29, 1.82) is 0 Å². The Labute approximate surface area is 114 Å². The van der Waals surface area contributed by atoms with Gasteiger partial charge in [-0.25, -0.2) is 17.9 Å². The van der Waals surface area contributed by atoms with Gasteiger partial charge in [-0.1, -0.05) is 19.9 Å². The van der Waals surface area contributed by atoms with Crippen molar-refractivity contribution in [3.63, 3.8) is 0 Å². The standard InChI is InChI=1S/C13H21FN2O2S/c1-9(2)6-11(16-3)7-10-4-5-12(8-13(10)14)19(15,17)18/h4-5,8-9,11,16H,6-7H2,1-3H3,(H2,15,17,18). The van der Waals surface area contributed by atoms with Gasteiger partial charge < -0.3 is 5.32 Å². The van der Waals surface area contributed by atoms with Gasteiger partial charge in [-0.15, -0.1) is 0 Å². The fourth-order valence-electron chi connectivity index (χ4n) is 2.01. The lowest BCUT2D eigenvalue weighted by Gasteiger charge is -2.18. The number of likely N-dealkylation sites (N-methyl/N-ethyl adjacent to an activating group) is 1. The summed E-state index contributed by atoms with van der Waals surface area (Å²) in [6.45, 7) is 4.20. The molecule has 0 spiro atoms. The van der Waals surface area contributed by atoms with Gasteiger partial charge >= 0.3 is 0 Å². The van der Waals surface area contributed by atoms with E-state index in [1.54, 1.807) is 0 Å². The number of nitrogens with two attached hydrogens (primary N) is 1. The number of primary sulfonamides is 1.